The van der Waals surface area contributed by atoms with E-state index in [2.05, 4.69) is 6.07 Å². The molecular weight excluding hydrogens is 182 g/mol. The molecule has 2 rings (SSSR count). The zero-order valence-corrected chi connectivity index (χ0v) is 8.65. The highest BCUT2D eigenvalue weighted by atomic mass is 32.2. The van der Waals surface area contributed by atoms with E-state index in [1.807, 2.05) is 26.0 Å². The van der Waals surface area contributed by atoms with Gasteiger partial charge in [0.15, 0.2) is 0 Å². The number of ether oxygens (including phenoxy) is 1. The van der Waals surface area contributed by atoms with Crippen molar-refractivity contribution < 1.29 is 4.74 Å². The Labute approximate surface area is 82.5 Å². The summed E-state index contributed by atoms with van der Waals surface area (Å²) in [4.78, 5) is 1.20. The minimum absolute atomic E-state index is 0.266. The average Bonchev–Trinajstić information content (AvgIpc) is 2.47. The summed E-state index contributed by atoms with van der Waals surface area (Å²) in [5.74, 6) is 1.71. The lowest BCUT2D eigenvalue weighted by Gasteiger charge is -2.19. The predicted molar refractivity (Wildman–Crippen MR) is 55.0 cm³/mol. The Balaban J connectivity index is 2.42. The van der Waals surface area contributed by atoms with Gasteiger partial charge in [0, 0.05) is 5.54 Å². The molecule has 0 saturated carbocycles. The Kier molecular flexibility index (Phi) is 2.00. The van der Waals surface area contributed by atoms with Gasteiger partial charge in [0.05, 0.1) is 4.90 Å². The molecule has 1 aromatic carbocycles. The molecule has 0 radical (unpaired) electrons. The lowest BCUT2D eigenvalue weighted by Crippen LogP contribution is -2.28. The van der Waals surface area contributed by atoms with Gasteiger partial charge in [0.1, 0.15) is 11.7 Å². The van der Waals surface area contributed by atoms with Crippen molar-refractivity contribution in [3.8, 4) is 5.75 Å². The van der Waals surface area contributed by atoms with E-state index in [1.165, 1.54) is 4.90 Å². The van der Waals surface area contributed by atoms with E-state index in [9.17, 15) is 0 Å². The topological polar surface area (TPSA) is 35.2 Å². The quantitative estimate of drug-likeness (QED) is 0.747. The molecule has 1 heterocycles. The van der Waals surface area contributed by atoms with Gasteiger partial charge in [-0.15, -0.1) is 0 Å². The molecule has 0 unspecified atom stereocenters. The summed E-state index contributed by atoms with van der Waals surface area (Å²) in [6.45, 7) is 4.02. The molecule has 1 aliphatic rings. The third kappa shape index (κ3) is 1.67. The first-order chi connectivity index (χ1) is 6.07. The molecule has 3 heteroatoms. The van der Waals surface area contributed by atoms with Gasteiger partial charge in [-0.1, -0.05) is 17.8 Å². The number of fused-ring (bicyclic) bond motifs is 1. The molecule has 70 valence electrons. The highest BCUT2D eigenvalue weighted by molar-refractivity contribution is 7.99. The molecule has 13 heavy (non-hydrogen) atoms. The fourth-order valence-corrected chi connectivity index (χ4v) is 2.09. The maximum atomic E-state index is 6.00. The summed E-state index contributed by atoms with van der Waals surface area (Å²) < 4.78 is 5.39. The molecule has 0 amide bonds. The maximum Gasteiger partial charge on any atom is 0.138 e. The second-order valence-electron chi connectivity index (χ2n) is 3.79. The number of hydrogen-bond acceptors (Lipinski definition) is 3. The van der Waals surface area contributed by atoms with Crippen LogP contribution in [0.15, 0.2) is 23.1 Å². The first-order valence-corrected chi connectivity index (χ1v) is 5.25. The molecule has 2 nitrogen and oxygen atoms in total. The van der Waals surface area contributed by atoms with E-state index in [0.29, 0.717) is 0 Å². The molecule has 0 spiro atoms. The molecule has 1 aromatic rings. The van der Waals surface area contributed by atoms with E-state index >= 15 is 0 Å². The standard InChI is InChI=1S/C10H13NOS/c1-10(2,11)7-3-4-8-9(5-7)13-6-12-8/h3-5H,6,11H2,1-2H3. The molecule has 1 aliphatic heterocycles. The Bertz CT molecular complexity index is 330. The van der Waals surface area contributed by atoms with Gasteiger partial charge in [0.2, 0.25) is 0 Å². The van der Waals surface area contributed by atoms with Crippen LogP contribution in [0.3, 0.4) is 0 Å². The van der Waals surface area contributed by atoms with E-state index in [4.69, 9.17) is 10.5 Å². The molecule has 0 saturated heterocycles. The lowest BCUT2D eigenvalue weighted by molar-refractivity contribution is 0.397. The maximum absolute atomic E-state index is 6.00. The Morgan fingerprint density at radius 1 is 1.46 bits per heavy atom. The molecule has 0 bridgehead atoms. The van der Waals surface area contributed by atoms with Crippen LogP contribution in [0.25, 0.3) is 0 Å². The predicted octanol–water partition coefficient (Wildman–Crippen LogP) is 2.32. The molecule has 2 N–H and O–H groups in total. The van der Waals surface area contributed by atoms with E-state index in [-0.39, 0.29) is 5.54 Å². The molecule has 0 atom stereocenters. The Morgan fingerprint density at radius 2 is 2.23 bits per heavy atom. The minimum atomic E-state index is -0.266. The van der Waals surface area contributed by atoms with Gasteiger partial charge in [-0.2, -0.15) is 0 Å². The monoisotopic (exact) mass is 195 g/mol. The third-order valence-electron chi connectivity index (χ3n) is 2.12. The van der Waals surface area contributed by atoms with Crippen molar-refractivity contribution in [2.75, 3.05) is 5.94 Å². The van der Waals surface area contributed by atoms with Crippen LogP contribution in [0.2, 0.25) is 0 Å². The van der Waals surface area contributed by atoms with Crippen molar-refractivity contribution in [1.82, 2.24) is 0 Å². The number of benzene rings is 1. The van der Waals surface area contributed by atoms with Crippen LogP contribution < -0.4 is 10.5 Å². The average molecular weight is 195 g/mol. The SMILES string of the molecule is CC(C)(N)c1ccc2c(c1)SCO2. The van der Waals surface area contributed by atoms with Gasteiger partial charge in [-0.3, -0.25) is 0 Å². The largest absolute Gasteiger partial charge is 0.481 e. The molecule has 0 aromatic heterocycles. The second-order valence-corrected chi connectivity index (χ2v) is 4.75. The number of nitrogens with two attached hydrogens (primary N) is 1. The lowest BCUT2D eigenvalue weighted by atomic mass is 9.96. The van der Waals surface area contributed by atoms with Crippen molar-refractivity contribution in [3.05, 3.63) is 23.8 Å². The number of rotatable bonds is 1. The van der Waals surface area contributed by atoms with E-state index < -0.39 is 0 Å². The van der Waals surface area contributed by atoms with Crippen LogP contribution in [0, 0.1) is 0 Å². The summed E-state index contributed by atoms with van der Waals surface area (Å²) >= 11 is 1.72. The zero-order chi connectivity index (χ0) is 9.47. The van der Waals surface area contributed by atoms with E-state index in [1.54, 1.807) is 11.8 Å². The van der Waals surface area contributed by atoms with E-state index in [0.717, 1.165) is 17.3 Å². The second kappa shape index (κ2) is 2.93. The van der Waals surface area contributed by atoms with Crippen LogP contribution in [-0.2, 0) is 5.54 Å². The Hall–Kier alpha value is -0.670. The fourth-order valence-electron chi connectivity index (χ4n) is 1.30. The number of hydrogen-bond donors (Lipinski definition) is 1. The molecule has 0 fully saturated rings. The first kappa shape index (κ1) is 8.91. The number of thioether (sulfide) groups is 1. The highest BCUT2D eigenvalue weighted by Crippen LogP contribution is 2.37. The normalized spacial score (nSPS) is 15.3. The van der Waals surface area contributed by atoms with Gasteiger partial charge in [0.25, 0.3) is 0 Å². The van der Waals surface area contributed by atoms with Crippen LogP contribution in [-0.4, -0.2) is 5.94 Å². The summed E-state index contributed by atoms with van der Waals surface area (Å²) in [5, 5.41) is 0. The van der Waals surface area contributed by atoms with Crippen LogP contribution in [0.5, 0.6) is 5.75 Å². The van der Waals surface area contributed by atoms with Crippen molar-refractivity contribution in [2.45, 2.75) is 24.3 Å². The summed E-state index contributed by atoms with van der Waals surface area (Å²) in [7, 11) is 0. The third-order valence-corrected chi connectivity index (χ3v) is 2.98. The zero-order valence-electron chi connectivity index (χ0n) is 7.83. The van der Waals surface area contributed by atoms with Gasteiger partial charge < -0.3 is 10.5 Å². The summed E-state index contributed by atoms with van der Waals surface area (Å²) in [6.07, 6.45) is 0. The smallest absolute Gasteiger partial charge is 0.138 e. The van der Waals surface area contributed by atoms with Crippen LogP contribution in [0.1, 0.15) is 19.4 Å². The van der Waals surface area contributed by atoms with Crippen molar-refractivity contribution >= 4 is 11.8 Å². The molecular formula is C10H13NOS. The van der Waals surface area contributed by atoms with Gasteiger partial charge >= 0.3 is 0 Å². The highest BCUT2D eigenvalue weighted by Gasteiger charge is 2.19. The van der Waals surface area contributed by atoms with Gasteiger partial charge in [-0.25, -0.2) is 0 Å². The summed E-state index contributed by atoms with van der Waals surface area (Å²) in [5.41, 5.74) is 6.89. The van der Waals surface area contributed by atoms with Crippen molar-refractivity contribution in [1.29, 1.82) is 0 Å². The Morgan fingerprint density at radius 3 is 2.92 bits per heavy atom. The first-order valence-electron chi connectivity index (χ1n) is 4.26. The fraction of sp³-hybridized carbons (Fsp3) is 0.400. The van der Waals surface area contributed by atoms with Gasteiger partial charge in [-0.05, 0) is 31.5 Å². The van der Waals surface area contributed by atoms with Crippen LogP contribution >= 0.6 is 11.8 Å². The van der Waals surface area contributed by atoms with Crippen molar-refractivity contribution in [2.24, 2.45) is 5.73 Å². The summed E-state index contributed by atoms with van der Waals surface area (Å²) in [6, 6.07) is 6.15. The molecule has 0 aliphatic carbocycles. The van der Waals surface area contributed by atoms with Crippen LogP contribution in [0.4, 0.5) is 0 Å². The van der Waals surface area contributed by atoms with Crippen molar-refractivity contribution in [3.63, 3.8) is 0 Å². The minimum Gasteiger partial charge on any atom is -0.481 e.